The van der Waals surface area contributed by atoms with Crippen LogP contribution in [-0.4, -0.2) is 53.6 Å². The minimum absolute atomic E-state index is 0.0530. The van der Waals surface area contributed by atoms with Gasteiger partial charge in [0.1, 0.15) is 11.7 Å². The zero-order chi connectivity index (χ0) is 23.7. The second-order valence-corrected chi connectivity index (χ2v) is 10.1. The van der Waals surface area contributed by atoms with Crippen molar-refractivity contribution in [3.63, 3.8) is 0 Å². The van der Waals surface area contributed by atoms with Crippen molar-refractivity contribution in [2.45, 2.75) is 17.4 Å². The van der Waals surface area contributed by atoms with Crippen LogP contribution in [0.25, 0.3) is 10.9 Å². The number of nitrogens with zero attached hydrogens (tertiary/aromatic N) is 2. The summed E-state index contributed by atoms with van der Waals surface area (Å²) in [5.74, 6) is -0.939. The van der Waals surface area contributed by atoms with E-state index >= 15 is 0 Å². The number of benzene rings is 3. The van der Waals surface area contributed by atoms with Gasteiger partial charge in [-0.2, -0.15) is 0 Å². The average molecular weight is 474 g/mol. The first-order valence-corrected chi connectivity index (χ1v) is 12.4. The van der Waals surface area contributed by atoms with Gasteiger partial charge in [0, 0.05) is 23.9 Å². The Bertz CT molecular complexity index is 1420. The molecule has 2 amide bonds. The third-order valence-corrected chi connectivity index (χ3v) is 7.89. The lowest BCUT2D eigenvalue weighted by atomic mass is 10.0. The summed E-state index contributed by atoms with van der Waals surface area (Å²) in [4.78, 5) is 31.8. The van der Waals surface area contributed by atoms with Crippen LogP contribution in [0, 0.1) is 0 Å². The van der Waals surface area contributed by atoms with Crippen LogP contribution in [0.1, 0.15) is 16.1 Å². The highest BCUT2D eigenvalue weighted by molar-refractivity contribution is 7.89. The summed E-state index contributed by atoms with van der Waals surface area (Å²) >= 11 is 0. The highest BCUT2D eigenvalue weighted by Crippen LogP contribution is 2.25. The smallest absolute Gasteiger partial charge is 0.271 e. The normalized spacial score (nSPS) is 16.7. The number of aromatic nitrogens is 1. The molecule has 5 rings (SSSR count). The number of carbonyl (C=O) groups is 2. The molecule has 0 bridgehead atoms. The number of aromatic amines is 1. The largest absolute Gasteiger partial charge is 0.351 e. The van der Waals surface area contributed by atoms with Gasteiger partial charge in [-0.05, 0) is 29.8 Å². The van der Waals surface area contributed by atoms with Crippen molar-refractivity contribution in [1.29, 1.82) is 0 Å². The third kappa shape index (κ3) is 3.97. The Morgan fingerprint density at radius 1 is 0.882 bits per heavy atom. The average Bonchev–Trinajstić information content (AvgIpc) is 3.30. The molecule has 8 heteroatoms. The quantitative estimate of drug-likeness (QED) is 0.481. The molecule has 0 aliphatic carbocycles. The van der Waals surface area contributed by atoms with Gasteiger partial charge >= 0.3 is 0 Å². The summed E-state index contributed by atoms with van der Waals surface area (Å²) in [5, 5.41) is 0.891. The highest BCUT2D eigenvalue weighted by atomic mass is 32.2. The van der Waals surface area contributed by atoms with Gasteiger partial charge in [-0.3, -0.25) is 9.59 Å². The minimum Gasteiger partial charge on any atom is -0.351 e. The topological polar surface area (TPSA) is 90.6 Å². The maximum atomic E-state index is 13.6. The Labute approximate surface area is 197 Å². The molecule has 0 unspecified atom stereocenters. The molecule has 0 spiro atoms. The van der Waals surface area contributed by atoms with E-state index in [1.54, 1.807) is 24.3 Å². The lowest BCUT2D eigenvalue weighted by molar-refractivity contribution is -0.134. The number of carbonyl (C=O) groups excluding carboxylic acids is 2. The Balaban J connectivity index is 1.50. The van der Waals surface area contributed by atoms with Crippen molar-refractivity contribution in [3.05, 3.63) is 102 Å². The summed E-state index contributed by atoms with van der Waals surface area (Å²) in [6, 6.07) is 25.5. The predicted octanol–water partition coefficient (Wildman–Crippen LogP) is 3.45. The number of fused-ring (bicyclic) bond motifs is 1. The molecular weight excluding hydrogens is 450 g/mol. The molecule has 1 fully saturated rings. The molecule has 1 aromatic heterocycles. The van der Waals surface area contributed by atoms with Gasteiger partial charge in [-0.1, -0.05) is 66.7 Å². The summed E-state index contributed by atoms with van der Waals surface area (Å²) < 4.78 is 27.4. The van der Waals surface area contributed by atoms with Crippen molar-refractivity contribution < 1.29 is 18.0 Å². The van der Waals surface area contributed by atoms with Crippen LogP contribution in [0.15, 0.2) is 95.9 Å². The van der Waals surface area contributed by atoms with Gasteiger partial charge in [0.25, 0.3) is 21.8 Å². The molecule has 1 aliphatic heterocycles. The highest BCUT2D eigenvalue weighted by Gasteiger charge is 2.43. The molecule has 1 aliphatic rings. The first kappa shape index (κ1) is 21.9. The lowest BCUT2D eigenvalue weighted by Gasteiger charge is -2.40. The van der Waals surface area contributed by atoms with Gasteiger partial charge in [-0.15, -0.1) is 0 Å². The molecule has 4 aromatic rings. The van der Waals surface area contributed by atoms with E-state index in [4.69, 9.17) is 0 Å². The summed E-state index contributed by atoms with van der Waals surface area (Å²) in [6.07, 6.45) is 0.215. The molecule has 3 aromatic carbocycles. The fourth-order valence-electron chi connectivity index (χ4n) is 4.34. The van der Waals surface area contributed by atoms with E-state index in [-0.39, 0.29) is 30.3 Å². The zero-order valence-corrected chi connectivity index (χ0v) is 19.1. The van der Waals surface area contributed by atoms with Crippen LogP contribution >= 0.6 is 0 Å². The van der Waals surface area contributed by atoms with Gasteiger partial charge in [-0.25, -0.2) is 12.7 Å². The number of para-hydroxylation sites is 1. The van der Waals surface area contributed by atoms with E-state index in [0.717, 1.165) is 20.8 Å². The number of rotatable bonds is 5. The molecule has 2 heterocycles. The van der Waals surface area contributed by atoms with E-state index in [1.165, 1.54) is 17.0 Å². The van der Waals surface area contributed by atoms with Crippen molar-refractivity contribution in [2.24, 2.45) is 0 Å². The molecule has 0 saturated carbocycles. The van der Waals surface area contributed by atoms with Crippen molar-refractivity contribution in [2.75, 3.05) is 13.1 Å². The maximum absolute atomic E-state index is 13.6. The molecule has 1 saturated heterocycles. The van der Waals surface area contributed by atoms with Crippen LogP contribution in [-0.2, 0) is 21.2 Å². The van der Waals surface area contributed by atoms with E-state index in [1.807, 2.05) is 54.6 Å². The van der Waals surface area contributed by atoms with E-state index in [9.17, 15) is 18.0 Å². The van der Waals surface area contributed by atoms with Crippen LogP contribution in [0.2, 0.25) is 0 Å². The third-order valence-electron chi connectivity index (χ3n) is 6.08. The number of H-pyrrole nitrogens is 1. The minimum atomic E-state index is -4.03. The Morgan fingerprint density at radius 2 is 1.53 bits per heavy atom. The lowest BCUT2D eigenvalue weighted by Crippen LogP contribution is -2.60. The van der Waals surface area contributed by atoms with E-state index in [2.05, 4.69) is 4.98 Å². The molecule has 1 atom stereocenters. The summed E-state index contributed by atoms with van der Waals surface area (Å²) in [6.45, 7) is -0.00315. The molecule has 0 radical (unpaired) electrons. The molecule has 7 nitrogen and oxygen atoms in total. The van der Waals surface area contributed by atoms with Gasteiger partial charge in [0.15, 0.2) is 0 Å². The monoisotopic (exact) mass is 473 g/mol. The van der Waals surface area contributed by atoms with Crippen molar-refractivity contribution in [1.82, 2.24) is 14.2 Å². The van der Waals surface area contributed by atoms with E-state index < -0.39 is 22.0 Å². The fourth-order valence-corrected chi connectivity index (χ4v) is 5.78. The SMILES string of the molecule is O=C(c1cc2ccccc2[nH]1)N1CCN(S(=O)(=O)c2ccccc2)C(=O)[C@@H]1Cc1ccccc1. The van der Waals surface area contributed by atoms with Crippen LogP contribution in [0.4, 0.5) is 0 Å². The number of sulfonamides is 1. The molecule has 172 valence electrons. The Morgan fingerprint density at radius 3 is 2.24 bits per heavy atom. The van der Waals surface area contributed by atoms with Crippen LogP contribution in [0.3, 0.4) is 0 Å². The standard InChI is InChI=1S/C26H23N3O4S/c30-25(23-18-20-11-7-8-14-22(20)27-23)28-15-16-29(34(32,33)21-12-5-2-6-13-21)26(31)24(28)17-19-9-3-1-4-10-19/h1-14,18,24,27H,15-17H2/t24-/m0/s1. The second kappa shape index (κ2) is 8.79. The van der Waals surface area contributed by atoms with Crippen molar-refractivity contribution >= 4 is 32.7 Å². The summed E-state index contributed by atoms with van der Waals surface area (Å²) in [5.41, 5.74) is 2.03. The molecular formula is C26H23N3O4S. The number of hydrogen-bond donors (Lipinski definition) is 1. The van der Waals surface area contributed by atoms with E-state index in [0.29, 0.717) is 5.69 Å². The fraction of sp³-hybridized carbons (Fsp3) is 0.154. The molecule has 1 N–H and O–H groups in total. The van der Waals surface area contributed by atoms with Gasteiger partial charge in [0.2, 0.25) is 0 Å². The number of amides is 2. The first-order valence-electron chi connectivity index (χ1n) is 11.0. The van der Waals surface area contributed by atoms with Crippen LogP contribution < -0.4 is 0 Å². The number of piperazine rings is 1. The Hall–Kier alpha value is -3.91. The van der Waals surface area contributed by atoms with Crippen molar-refractivity contribution in [3.8, 4) is 0 Å². The van der Waals surface area contributed by atoms with Gasteiger partial charge < -0.3 is 9.88 Å². The van der Waals surface area contributed by atoms with Crippen LogP contribution in [0.5, 0.6) is 0 Å². The predicted molar refractivity (Wildman–Crippen MR) is 129 cm³/mol. The number of nitrogens with one attached hydrogen (secondary N) is 1. The number of hydrogen-bond acceptors (Lipinski definition) is 4. The molecule has 34 heavy (non-hydrogen) atoms. The van der Waals surface area contributed by atoms with Gasteiger partial charge in [0.05, 0.1) is 11.4 Å². The summed E-state index contributed by atoms with van der Waals surface area (Å²) in [7, 11) is -4.03. The zero-order valence-electron chi connectivity index (χ0n) is 18.3. The second-order valence-electron chi connectivity index (χ2n) is 8.20. The Kier molecular flexibility index (Phi) is 5.67. The maximum Gasteiger partial charge on any atom is 0.271 e. The first-order chi connectivity index (χ1) is 16.4.